The predicted molar refractivity (Wildman–Crippen MR) is 69.2 cm³/mol. The number of nitrogens with zero attached hydrogens (tertiary/aromatic N) is 2. The molecule has 0 aromatic carbocycles. The van der Waals surface area contributed by atoms with Crippen molar-refractivity contribution in [1.29, 1.82) is 0 Å². The molecule has 2 rings (SSSR count). The first-order chi connectivity index (χ1) is 7.98. The quantitative estimate of drug-likeness (QED) is 0.750. The van der Waals surface area contributed by atoms with Crippen molar-refractivity contribution in [1.82, 2.24) is 9.47 Å². The molecule has 1 aromatic rings. The number of ketones is 1. The summed E-state index contributed by atoms with van der Waals surface area (Å²) in [6.45, 7) is 7.27. The Morgan fingerprint density at radius 1 is 1.35 bits per heavy atom. The smallest absolute Gasteiger partial charge is 0.193 e. The highest BCUT2D eigenvalue weighted by molar-refractivity contribution is 5.96. The zero-order chi connectivity index (χ0) is 12.5. The average molecular weight is 234 g/mol. The van der Waals surface area contributed by atoms with Gasteiger partial charge in [-0.3, -0.25) is 9.69 Å². The summed E-state index contributed by atoms with van der Waals surface area (Å²) in [6, 6.07) is 3.82. The minimum atomic E-state index is 0.234. The Bertz CT molecular complexity index is 396. The number of rotatable bonds is 3. The Hall–Kier alpha value is -1.09. The average Bonchev–Trinajstić information content (AvgIpc) is 2.68. The van der Waals surface area contributed by atoms with E-state index in [9.17, 15) is 4.79 Å². The zero-order valence-electron chi connectivity index (χ0n) is 11.1. The highest BCUT2D eigenvalue weighted by Gasteiger charge is 2.26. The van der Waals surface area contributed by atoms with Crippen LogP contribution in [0.2, 0.25) is 0 Å². The van der Waals surface area contributed by atoms with Crippen molar-refractivity contribution >= 4 is 5.78 Å². The van der Waals surface area contributed by atoms with Crippen LogP contribution >= 0.6 is 0 Å². The molecule has 0 N–H and O–H groups in total. The van der Waals surface area contributed by atoms with E-state index >= 15 is 0 Å². The van der Waals surface area contributed by atoms with E-state index in [0.717, 1.165) is 18.8 Å². The van der Waals surface area contributed by atoms with E-state index in [4.69, 9.17) is 0 Å². The molecule has 94 valence electrons. The van der Waals surface area contributed by atoms with Crippen molar-refractivity contribution in [3.8, 4) is 0 Å². The molecule has 0 atom stereocenters. The van der Waals surface area contributed by atoms with Crippen molar-refractivity contribution in [3.05, 3.63) is 24.0 Å². The van der Waals surface area contributed by atoms with Gasteiger partial charge in [-0.2, -0.15) is 0 Å². The molecule has 0 bridgehead atoms. The van der Waals surface area contributed by atoms with Gasteiger partial charge in [-0.1, -0.05) is 13.8 Å². The summed E-state index contributed by atoms with van der Waals surface area (Å²) in [5.41, 5.74) is 1.26. The second kappa shape index (κ2) is 4.65. The third kappa shape index (κ3) is 2.97. The summed E-state index contributed by atoms with van der Waals surface area (Å²) in [6.07, 6.45) is 4.30. The molecule has 3 nitrogen and oxygen atoms in total. The van der Waals surface area contributed by atoms with E-state index in [1.54, 1.807) is 0 Å². The van der Waals surface area contributed by atoms with Crippen LogP contribution in [-0.4, -0.2) is 34.9 Å². The topological polar surface area (TPSA) is 25.2 Å². The Morgan fingerprint density at radius 3 is 2.53 bits per heavy atom. The van der Waals surface area contributed by atoms with E-state index in [1.165, 1.54) is 12.8 Å². The second-order valence-corrected chi connectivity index (χ2v) is 5.87. The number of carbonyl (C=O) groups excluding carboxylic acids is 1. The molecule has 17 heavy (non-hydrogen) atoms. The molecule has 0 amide bonds. The van der Waals surface area contributed by atoms with Crippen molar-refractivity contribution in [2.24, 2.45) is 12.5 Å². The number of aryl methyl sites for hydroxylation is 1. The fraction of sp³-hybridized carbons (Fsp3) is 0.643. The van der Waals surface area contributed by atoms with E-state index in [1.807, 2.05) is 29.9 Å². The minimum absolute atomic E-state index is 0.234. The number of hydrogen-bond donors (Lipinski definition) is 0. The van der Waals surface area contributed by atoms with Crippen molar-refractivity contribution in [2.45, 2.75) is 26.7 Å². The van der Waals surface area contributed by atoms with Gasteiger partial charge < -0.3 is 4.57 Å². The highest BCUT2D eigenvalue weighted by atomic mass is 16.1. The maximum absolute atomic E-state index is 12.1. The SMILES string of the molecule is Cn1cccc1C(=O)CN1CCC(C)(C)CC1. The molecule has 1 aliphatic rings. The van der Waals surface area contributed by atoms with Crippen LogP contribution in [0.25, 0.3) is 0 Å². The maximum atomic E-state index is 12.1. The molecule has 2 heterocycles. The van der Waals surface area contributed by atoms with Gasteiger partial charge in [-0.15, -0.1) is 0 Å². The normalized spacial score (nSPS) is 20.4. The highest BCUT2D eigenvalue weighted by Crippen LogP contribution is 2.29. The number of likely N-dealkylation sites (tertiary alicyclic amines) is 1. The van der Waals surface area contributed by atoms with Gasteiger partial charge in [0.15, 0.2) is 5.78 Å². The standard InChI is InChI=1S/C14H22N2O/c1-14(2)6-9-16(10-7-14)11-13(17)12-5-4-8-15(12)3/h4-5,8H,6-7,9-11H2,1-3H3. The number of Topliss-reactive ketones (excluding diaryl/α,β-unsaturated/α-hetero) is 1. The molecule has 0 aliphatic carbocycles. The van der Waals surface area contributed by atoms with Crippen LogP contribution in [0.4, 0.5) is 0 Å². The Balaban J connectivity index is 1.91. The Kier molecular flexibility index (Phi) is 3.38. The van der Waals surface area contributed by atoms with Crippen LogP contribution in [0.3, 0.4) is 0 Å². The molecule has 0 radical (unpaired) electrons. The van der Waals surface area contributed by atoms with Gasteiger partial charge in [-0.05, 0) is 43.5 Å². The fourth-order valence-electron chi connectivity index (χ4n) is 2.35. The van der Waals surface area contributed by atoms with E-state index < -0.39 is 0 Å². The third-order valence-corrected chi connectivity index (χ3v) is 3.81. The van der Waals surface area contributed by atoms with Crippen LogP contribution in [-0.2, 0) is 7.05 Å². The summed E-state index contributed by atoms with van der Waals surface area (Å²) < 4.78 is 1.90. The molecular formula is C14H22N2O. The molecule has 0 unspecified atom stereocenters. The molecule has 1 fully saturated rings. The summed E-state index contributed by atoms with van der Waals surface area (Å²) in [4.78, 5) is 14.4. The lowest BCUT2D eigenvalue weighted by molar-refractivity contribution is 0.0838. The molecule has 0 spiro atoms. The lowest BCUT2D eigenvalue weighted by atomic mass is 9.82. The lowest BCUT2D eigenvalue weighted by Crippen LogP contribution is -2.40. The number of piperidine rings is 1. The number of hydrogen-bond acceptors (Lipinski definition) is 2. The summed E-state index contributed by atoms with van der Waals surface area (Å²) in [5.74, 6) is 0.234. The van der Waals surface area contributed by atoms with Crippen LogP contribution in [0.5, 0.6) is 0 Å². The number of carbonyl (C=O) groups is 1. The van der Waals surface area contributed by atoms with Gasteiger partial charge in [-0.25, -0.2) is 0 Å². The monoisotopic (exact) mass is 234 g/mol. The largest absolute Gasteiger partial charge is 0.348 e. The van der Waals surface area contributed by atoms with Crippen molar-refractivity contribution in [2.75, 3.05) is 19.6 Å². The third-order valence-electron chi connectivity index (χ3n) is 3.81. The predicted octanol–water partition coefficient (Wildman–Crippen LogP) is 2.33. The van der Waals surface area contributed by atoms with E-state index in [0.29, 0.717) is 12.0 Å². The Labute approximate surface area is 103 Å². The molecule has 3 heteroatoms. The van der Waals surface area contributed by atoms with Crippen LogP contribution in [0.1, 0.15) is 37.2 Å². The first-order valence-corrected chi connectivity index (χ1v) is 6.35. The van der Waals surface area contributed by atoms with E-state index in [-0.39, 0.29) is 5.78 Å². The molecule has 0 saturated carbocycles. The van der Waals surface area contributed by atoms with Crippen molar-refractivity contribution < 1.29 is 4.79 Å². The molecule has 1 aliphatic heterocycles. The van der Waals surface area contributed by atoms with Gasteiger partial charge >= 0.3 is 0 Å². The summed E-state index contributed by atoms with van der Waals surface area (Å²) in [7, 11) is 1.92. The lowest BCUT2D eigenvalue weighted by Gasteiger charge is -2.36. The Morgan fingerprint density at radius 2 is 2.00 bits per heavy atom. The van der Waals surface area contributed by atoms with Crippen molar-refractivity contribution in [3.63, 3.8) is 0 Å². The van der Waals surface area contributed by atoms with Crippen LogP contribution in [0.15, 0.2) is 18.3 Å². The number of aromatic nitrogens is 1. The van der Waals surface area contributed by atoms with Crippen LogP contribution in [0, 0.1) is 5.41 Å². The maximum Gasteiger partial charge on any atom is 0.193 e. The molecule has 1 saturated heterocycles. The van der Waals surface area contributed by atoms with Gasteiger partial charge in [0, 0.05) is 13.2 Å². The summed E-state index contributed by atoms with van der Waals surface area (Å²) >= 11 is 0. The zero-order valence-corrected chi connectivity index (χ0v) is 11.1. The minimum Gasteiger partial charge on any atom is -0.348 e. The van der Waals surface area contributed by atoms with Gasteiger partial charge in [0.1, 0.15) is 0 Å². The summed E-state index contributed by atoms with van der Waals surface area (Å²) in [5, 5.41) is 0. The van der Waals surface area contributed by atoms with Gasteiger partial charge in [0.05, 0.1) is 12.2 Å². The molecule has 1 aromatic heterocycles. The first-order valence-electron chi connectivity index (χ1n) is 6.35. The molecular weight excluding hydrogens is 212 g/mol. The first kappa shape index (κ1) is 12.4. The fourth-order valence-corrected chi connectivity index (χ4v) is 2.35. The van der Waals surface area contributed by atoms with Gasteiger partial charge in [0.2, 0.25) is 0 Å². The van der Waals surface area contributed by atoms with E-state index in [2.05, 4.69) is 18.7 Å². The second-order valence-electron chi connectivity index (χ2n) is 5.87. The van der Waals surface area contributed by atoms with Crippen LogP contribution < -0.4 is 0 Å². The van der Waals surface area contributed by atoms with Gasteiger partial charge in [0.25, 0.3) is 0 Å².